The van der Waals surface area contributed by atoms with Gasteiger partial charge in [0.05, 0.1) is 24.2 Å². The van der Waals surface area contributed by atoms with Crippen LogP contribution >= 0.6 is 35.0 Å². The summed E-state index contributed by atoms with van der Waals surface area (Å²) in [5, 5.41) is 0.588. The predicted molar refractivity (Wildman–Crippen MR) is 130 cm³/mol. The Hall–Kier alpha value is -2.67. The lowest BCUT2D eigenvalue weighted by Crippen LogP contribution is -2.27. The molecule has 2 amide bonds. The molecule has 2 aromatic carbocycles. The molecule has 1 aliphatic heterocycles. The van der Waals surface area contributed by atoms with Gasteiger partial charge in [0.2, 0.25) is 0 Å². The van der Waals surface area contributed by atoms with Crippen LogP contribution in [-0.2, 0) is 11.3 Å². The molecule has 0 unspecified atom stereocenters. The zero-order valence-electron chi connectivity index (χ0n) is 17.7. The number of aromatic nitrogens is 1. The maximum atomic E-state index is 13.0. The molecule has 164 valence electrons. The SMILES string of the molecule is COc1ccccc1-n1c(C)cc(/C=C2\SC(=O)N(Cc3ccc(Cl)cc3Cl)C2=O)c1C. The van der Waals surface area contributed by atoms with Crippen molar-refractivity contribution in [1.29, 1.82) is 0 Å². The van der Waals surface area contributed by atoms with Gasteiger partial charge in [-0.3, -0.25) is 14.5 Å². The highest BCUT2D eigenvalue weighted by molar-refractivity contribution is 8.18. The van der Waals surface area contributed by atoms with Crippen molar-refractivity contribution in [2.24, 2.45) is 0 Å². The number of imide groups is 1. The molecule has 8 heteroatoms. The van der Waals surface area contributed by atoms with Gasteiger partial charge in [-0.25, -0.2) is 0 Å². The Balaban J connectivity index is 1.65. The summed E-state index contributed by atoms with van der Waals surface area (Å²) in [5.74, 6) is 0.411. The molecule has 0 spiro atoms. The number of methoxy groups -OCH3 is 1. The van der Waals surface area contributed by atoms with Crippen LogP contribution in [0.25, 0.3) is 11.8 Å². The number of aryl methyl sites for hydroxylation is 1. The van der Waals surface area contributed by atoms with Crippen molar-refractivity contribution in [2.75, 3.05) is 7.11 Å². The quantitative estimate of drug-likeness (QED) is 0.379. The molecule has 1 aromatic heterocycles. The van der Waals surface area contributed by atoms with Crippen LogP contribution in [0.5, 0.6) is 5.75 Å². The molecule has 3 aromatic rings. The normalized spacial score (nSPS) is 15.2. The van der Waals surface area contributed by atoms with E-state index in [1.54, 1.807) is 31.4 Å². The summed E-state index contributed by atoms with van der Waals surface area (Å²) in [6, 6.07) is 14.7. The van der Waals surface area contributed by atoms with E-state index >= 15 is 0 Å². The molecule has 32 heavy (non-hydrogen) atoms. The Morgan fingerprint density at radius 1 is 1.06 bits per heavy atom. The summed E-state index contributed by atoms with van der Waals surface area (Å²) in [4.78, 5) is 27.1. The summed E-state index contributed by atoms with van der Waals surface area (Å²) in [6.07, 6.45) is 1.77. The van der Waals surface area contributed by atoms with E-state index in [1.165, 1.54) is 4.90 Å². The van der Waals surface area contributed by atoms with E-state index in [1.807, 2.05) is 44.2 Å². The molecular formula is C24H20Cl2N2O3S. The van der Waals surface area contributed by atoms with Crippen LogP contribution in [-0.4, -0.2) is 27.7 Å². The predicted octanol–water partition coefficient (Wildman–Crippen LogP) is 6.65. The molecule has 0 aliphatic carbocycles. The molecule has 0 N–H and O–H groups in total. The molecule has 1 saturated heterocycles. The van der Waals surface area contributed by atoms with Crippen LogP contribution in [0.3, 0.4) is 0 Å². The third-order valence-corrected chi connectivity index (χ3v) is 6.79. The van der Waals surface area contributed by atoms with Crippen LogP contribution in [0.1, 0.15) is 22.5 Å². The van der Waals surface area contributed by atoms with Crippen molar-refractivity contribution in [1.82, 2.24) is 9.47 Å². The van der Waals surface area contributed by atoms with Crippen molar-refractivity contribution in [3.63, 3.8) is 0 Å². The number of rotatable bonds is 5. The van der Waals surface area contributed by atoms with E-state index < -0.39 is 0 Å². The monoisotopic (exact) mass is 486 g/mol. The number of para-hydroxylation sites is 2. The molecule has 5 nitrogen and oxygen atoms in total. The second kappa shape index (κ2) is 9.06. The van der Waals surface area contributed by atoms with Gasteiger partial charge >= 0.3 is 0 Å². The van der Waals surface area contributed by atoms with E-state index in [4.69, 9.17) is 27.9 Å². The number of carbonyl (C=O) groups is 2. The van der Waals surface area contributed by atoms with E-state index in [-0.39, 0.29) is 17.7 Å². The number of halogens is 2. The number of nitrogens with zero attached hydrogens (tertiary/aromatic N) is 2. The second-order valence-electron chi connectivity index (χ2n) is 7.34. The topological polar surface area (TPSA) is 51.5 Å². The van der Waals surface area contributed by atoms with Gasteiger partial charge in [0.25, 0.3) is 11.1 Å². The standard InChI is InChI=1S/C24H20Cl2N2O3S/c1-14-10-17(15(2)28(14)20-6-4-5-7-21(20)31-3)11-22-23(29)27(24(30)32-22)13-16-8-9-18(25)12-19(16)26/h4-12H,13H2,1-3H3/b22-11-. The number of carbonyl (C=O) groups excluding carboxylic acids is 2. The van der Waals surface area contributed by atoms with Crippen LogP contribution < -0.4 is 4.74 Å². The van der Waals surface area contributed by atoms with Gasteiger partial charge in [-0.2, -0.15) is 0 Å². The molecule has 0 saturated carbocycles. The molecule has 1 aliphatic rings. The third kappa shape index (κ3) is 4.18. The highest BCUT2D eigenvalue weighted by Crippen LogP contribution is 2.36. The average molecular weight is 487 g/mol. The molecule has 0 bridgehead atoms. The van der Waals surface area contributed by atoms with Gasteiger partial charge in [0.1, 0.15) is 5.75 Å². The molecule has 0 atom stereocenters. The maximum absolute atomic E-state index is 13.0. The summed E-state index contributed by atoms with van der Waals surface area (Å²) in [6.45, 7) is 4.06. The van der Waals surface area contributed by atoms with E-state index in [0.717, 1.165) is 40.2 Å². The number of ether oxygens (including phenoxy) is 1. The average Bonchev–Trinajstić information content (AvgIpc) is 3.19. The fraction of sp³-hybridized carbons (Fsp3) is 0.167. The maximum Gasteiger partial charge on any atom is 0.293 e. The van der Waals surface area contributed by atoms with Crippen molar-refractivity contribution >= 4 is 52.2 Å². The number of benzene rings is 2. The first kappa shape index (κ1) is 22.5. The minimum Gasteiger partial charge on any atom is -0.495 e. The minimum absolute atomic E-state index is 0.0955. The lowest BCUT2D eigenvalue weighted by Gasteiger charge is -2.14. The lowest BCUT2D eigenvalue weighted by molar-refractivity contribution is -0.123. The van der Waals surface area contributed by atoms with Crippen LogP contribution in [0.15, 0.2) is 53.4 Å². The third-order valence-electron chi connectivity index (χ3n) is 5.30. The lowest BCUT2D eigenvalue weighted by atomic mass is 10.2. The molecular weight excluding hydrogens is 467 g/mol. The Bertz CT molecular complexity index is 1270. The Morgan fingerprint density at radius 3 is 2.53 bits per heavy atom. The van der Waals surface area contributed by atoms with Gasteiger partial charge in [-0.15, -0.1) is 0 Å². The number of hydrogen-bond acceptors (Lipinski definition) is 4. The summed E-state index contributed by atoms with van der Waals surface area (Å²) in [5.41, 5.74) is 4.37. The number of thioether (sulfide) groups is 1. The smallest absolute Gasteiger partial charge is 0.293 e. The molecule has 2 heterocycles. The molecule has 1 fully saturated rings. The van der Waals surface area contributed by atoms with Gasteiger partial charge in [0.15, 0.2) is 0 Å². The van der Waals surface area contributed by atoms with E-state index in [2.05, 4.69) is 4.57 Å². The second-order valence-corrected chi connectivity index (χ2v) is 9.17. The number of amides is 2. The fourth-order valence-electron chi connectivity index (χ4n) is 3.72. The van der Waals surface area contributed by atoms with Crippen LogP contribution in [0.4, 0.5) is 4.79 Å². The Labute approximate surface area is 200 Å². The van der Waals surface area contributed by atoms with E-state index in [0.29, 0.717) is 20.5 Å². The highest BCUT2D eigenvalue weighted by atomic mass is 35.5. The van der Waals surface area contributed by atoms with Crippen LogP contribution in [0.2, 0.25) is 10.0 Å². The Morgan fingerprint density at radius 2 is 1.81 bits per heavy atom. The fourth-order valence-corrected chi connectivity index (χ4v) is 5.01. The number of hydrogen-bond donors (Lipinski definition) is 0. The first-order chi connectivity index (χ1) is 15.3. The van der Waals surface area contributed by atoms with E-state index in [9.17, 15) is 9.59 Å². The van der Waals surface area contributed by atoms with Crippen molar-refractivity contribution in [3.05, 3.63) is 86.0 Å². The van der Waals surface area contributed by atoms with Gasteiger partial charge in [0, 0.05) is 21.4 Å². The van der Waals surface area contributed by atoms with Crippen molar-refractivity contribution < 1.29 is 14.3 Å². The summed E-state index contributed by atoms with van der Waals surface area (Å²) < 4.78 is 7.58. The first-order valence-electron chi connectivity index (χ1n) is 9.81. The van der Waals surface area contributed by atoms with Gasteiger partial charge < -0.3 is 9.30 Å². The zero-order chi connectivity index (χ0) is 23.0. The van der Waals surface area contributed by atoms with Crippen molar-refractivity contribution in [3.8, 4) is 11.4 Å². The summed E-state index contributed by atoms with van der Waals surface area (Å²) >= 11 is 13.1. The Kier molecular flexibility index (Phi) is 6.38. The zero-order valence-corrected chi connectivity index (χ0v) is 20.0. The van der Waals surface area contributed by atoms with Crippen LogP contribution in [0, 0.1) is 13.8 Å². The first-order valence-corrected chi connectivity index (χ1v) is 11.4. The minimum atomic E-state index is -0.340. The molecule has 4 rings (SSSR count). The van der Waals surface area contributed by atoms with Gasteiger partial charge in [-0.1, -0.05) is 41.4 Å². The van der Waals surface area contributed by atoms with Crippen molar-refractivity contribution in [2.45, 2.75) is 20.4 Å². The molecule has 0 radical (unpaired) electrons. The largest absolute Gasteiger partial charge is 0.495 e. The van der Waals surface area contributed by atoms with Gasteiger partial charge in [-0.05, 0) is 73.1 Å². The highest BCUT2D eigenvalue weighted by Gasteiger charge is 2.35. The summed E-state index contributed by atoms with van der Waals surface area (Å²) in [7, 11) is 1.64.